The number of nitrogens with zero attached hydrogens (tertiary/aromatic N) is 4. The highest BCUT2D eigenvalue weighted by atomic mass is 35.5. The van der Waals surface area contributed by atoms with E-state index in [1.54, 1.807) is 13.0 Å². The molecule has 0 atom stereocenters. The molecule has 0 bridgehead atoms. The molecule has 0 radical (unpaired) electrons. The Kier molecular flexibility index (Phi) is 2.73. The minimum absolute atomic E-state index is 0.237. The Morgan fingerprint density at radius 3 is 2.95 bits per heavy atom. The molecule has 19 heavy (non-hydrogen) atoms. The van der Waals surface area contributed by atoms with Crippen molar-refractivity contribution in [2.75, 3.05) is 0 Å². The summed E-state index contributed by atoms with van der Waals surface area (Å²) >= 11 is 7.19. The van der Waals surface area contributed by atoms with Gasteiger partial charge in [0.25, 0.3) is 0 Å². The van der Waals surface area contributed by atoms with Gasteiger partial charge in [-0.05, 0) is 19.1 Å². The molecule has 0 N–H and O–H groups in total. The number of benzene rings is 1. The molecule has 0 saturated heterocycles. The molecule has 0 amide bonds. The molecule has 0 unspecified atom stereocenters. The number of nitriles is 1. The molecule has 1 aromatic carbocycles. The maximum atomic E-state index is 13.8. The van der Waals surface area contributed by atoms with Gasteiger partial charge in [0.2, 0.25) is 4.96 Å². The molecule has 0 saturated carbocycles. The fourth-order valence-corrected chi connectivity index (χ4v) is 3.10. The van der Waals surface area contributed by atoms with E-state index < -0.39 is 5.82 Å². The molecule has 0 aliphatic carbocycles. The Labute approximate surface area is 116 Å². The van der Waals surface area contributed by atoms with E-state index >= 15 is 0 Å². The average molecular weight is 293 g/mol. The summed E-state index contributed by atoms with van der Waals surface area (Å²) in [6.07, 6.45) is 0. The van der Waals surface area contributed by atoms with Crippen molar-refractivity contribution in [1.29, 1.82) is 5.26 Å². The Balaban J connectivity index is 2.28. The summed E-state index contributed by atoms with van der Waals surface area (Å²) in [6.45, 7) is 1.73. The first-order valence-electron chi connectivity index (χ1n) is 5.32. The Morgan fingerprint density at radius 2 is 2.26 bits per heavy atom. The zero-order valence-electron chi connectivity index (χ0n) is 9.69. The van der Waals surface area contributed by atoms with E-state index in [9.17, 15) is 4.39 Å². The first kappa shape index (κ1) is 12.1. The third kappa shape index (κ3) is 1.79. The molecule has 0 fully saturated rings. The summed E-state index contributed by atoms with van der Waals surface area (Å²) in [4.78, 5) is 4.77. The first-order chi connectivity index (χ1) is 9.11. The molecular formula is C12H6ClFN4S. The van der Waals surface area contributed by atoms with E-state index in [0.717, 1.165) is 0 Å². The SMILES string of the molecule is Cc1nc2sc(-c3c(F)cccc3Cl)nn2c1C#N. The molecule has 0 aliphatic heterocycles. The van der Waals surface area contributed by atoms with Crippen molar-refractivity contribution in [2.24, 2.45) is 0 Å². The Morgan fingerprint density at radius 1 is 1.47 bits per heavy atom. The van der Waals surface area contributed by atoms with Crippen LogP contribution in [0.1, 0.15) is 11.4 Å². The molecular weight excluding hydrogens is 287 g/mol. The Hall–Kier alpha value is -1.97. The summed E-state index contributed by atoms with van der Waals surface area (Å²) in [5, 5.41) is 14.0. The van der Waals surface area contributed by atoms with Crippen molar-refractivity contribution in [3.63, 3.8) is 0 Å². The largest absolute Gasteiger partial charge is 0.221 e. The normalized spacial score (nSPS) is 10.8. The van der Waals surface area contributed by atoms with Crippen LogP contribution in [-0.2, 0) is 0 Å². The summed E-state index contributed by atoms with van der Waals surface area (Å²) in [5.41, 5.74) is 1.19. The van der Waals surface area contributed by atoms with Crippen LogP contribution in [-0.4, -0.2) is 14.6 Å². The molecule has 3 aromatic rings. The van der Waals surface area contributed by atoms with E-state index in [1.165, 1.54) is 28.0 Å². The highest BCUT2D eigenvalue weighted by Crippen LogP contribution is 2.34. The molecule has 2 aromatic heterocycles. The van der Waals surface area contributed by atoms with Gasteiger partial charge in [0.15, 0.2) is 10.7 Å². The summed E-state index contributed by atoms with van der Waals surface area (Å²) < 4.78 is 15.2. The van der Waals surface area contributed by atoms with Crippen molar-refractivity contribution in [3.8, 4) is 16.6 Å². The van der Waals surface area contributed by atoms with Gasteiger partial charge >= 0.3 is 0 Å². The van der Waals surface area contributed by atoms with E-state index in [2.05, 4.69) is 10.1 Å². The maximum Gasteiger partial charge on any atom is 0.213 e. The third-order valence-corrected chi connectivity index (χ3v) is 3.90. The molecule has 2 heterocycles. The zero-order valence-corrected chi connectivity index (χ0v) is 11.3. The van der Waals surface area contributed by atoms with E-state index in [1.807, 2.05) is 6.07 Å². The minimum Gasteiger partial charge on any atom is -0.221 e. The van der Waals surface area contributed by atoms with Crippen LogP contribution < -0.4 is 0 Å². The van der Waals surface area contributed by atoms with Crippen molar-refractivity contribution < 1.29 is 4.39 Å². The minimum atomic E-state index is -0.445. The van der Waals surface area contributed by atoms with Crippen LogP contribution in [0.4, 0.5) is 4.39 Å². The number of rotatable bonds is 1. The lowest BCUT2D eigenvalue weighted by molar-refractivity contribution is 0.631. The quantitative estimate of drug-likeness (QED) is 0.690. The van der Waals surface area contributed by atoms with Gasteiger partial charge in [0.1, 0.15) is 11.9 Å². The van der Waals surface area contributed by atoms with Gasteiger partial charge < -0.3 is 0 Å². The number of halogens is 2. The van der Waals surface area contributed by atoms with Gasteiger partial charge in [-0.3, -0.25) is 0 Å². The number of aromatic nitrogens is 3. The fourth-order valence-electron chi connectivity index (χ4n) is 1.78. The van der Waals surface area contributed by atoms with E-state index in [4.69, 9.17) is 16.9 Å². The zero-order chi connectivity index (χ0) is 13.6. The highest BCUT2D eigenvalue weighted by Gasteiger charge is 2.18. The predicted molar refractivity (Wildman–Crippen MR) is 70.7 cm³/mol. The van der Waals surface area contributed by atoms with E-state index in [0.29, 0.717) is 21.4 Å². The second-order valence-electron chi connectivity index (χ2n) is 3.86. The van der Waals surface area contributed by atoms with Crippen molar-refractivity contribution in [1.82, 2.24) is 14.6 Å². The third-order valence-electron chi connectivity index (χ3n) is 2.66. The fraction of sp³-hybridized carbons (Fsp3) is 0.0833. The van der Waals surface area contributed by atoms with Crippen LogP contribution >= 0.6 is 22.9 Å². The monoisotopic (exact) mass is 292 g/mol. The second kappa shape index (κ2) is 4.30. The smallest absolute Gasteiger partial charge is 0.213 e. The van der Waals surface area contributed by atoms with Crippen molar-refractivity contribution >= 4 is 27.9 Å². The maximum absolute atomic E-state index is 13.8. The lowest BCUT2D eigenvalue weighted by Crippen LogP contribution is -1.91. The van der Waals surface area contributed by atoms with Gasteiger partial charge in [0.05, 0.1) is 16.3 Å². The van der Waals surface area contributed by atoms with Gasteiger partial charge in [-0.15, -0.1) is 0 Å². The molecule has 7 heteroatoms. The molecule has 0 aliphatic rings. The standard InChI is InChI=1S/C12H6ClFN4S/c1-6-9(5-15)18-12(16-6)19-11(17-18)10-7(13)3-2-4-8(10)14/h2-4H,1H3. The van der Waals surface area contributed by atoms with Gasteiger partial charge in [0, 0.05) is 0 Å². The van der Waals surface area contributed by atoms with Crippen LogP contribution in [0, 0.1) is 24.1 Å². The molecule has 3 rings (SSSR count). The number of fused-ring (bicyclic) bond motifs is 1. The molecule has 4 nitrogen and oxygen atoms in total. The number of hydrogen-bond acceptors (Lipinski definition) is 4. The van der Waals surface area contributed by atoms with Crippen LogP contribution in [0.2, 0.25) is 5.02 Å². The summed E-state index contributed by atoms with van der Waals surface area (Å²) in [6, 6.07) is 6.48. The number of hydrogen-bond donors (Lipinski definition) is 0. The van der Waals surface area contributed by atoms with Crippen LogP contribution in [0.15, 0.2) is 18.2 Å². The number of aryl methyl sites for hydroxylation is 1. The van der Waals surface area contributed by atoms with Gasteiger partial charge in [-0.25, -0.2) is 9.37 Å². The predicted octanol–water partition coefficient (Wildman–Crippen LogP) is 3.43. The highest BCUT2D eigenvalue weighted by molar-refractivity contribution is 7.19. The molecule has 0 spiro atoms. The topological polar surface area (TPSA) is 54.0 Å². The second-order valence-corrected chi connectivity index (χ2v) is 5.22. The van der Waals surface area contributed by atoms with E-state index in [-0.39, 0.29) is 10.6 Å². The van der Waals surface area contributed by atoms with Crippen molar-refractivity contribution in [2.45, 2.75) is 6.92 Å². The van der Waals surface area contributed by atoms with Crippen molar-refractivity contribution in [3.05, 3.63) is 40.4 Å². The van der Waals surface area contributed by atoms with Crippen LogP contribution in [0.25, 0.3) is 15.5 Å². The lowest BCUT2D eigenvalue weighted by Gasteiger charge is -2.00. The first-order valence-corrected chi connectivity index (χ1v) is 6.52. The Bertz CT molecular complexity index is 810. The van der Waals surface area contributed by atoms with Crippen LogP contribution in [0.3, 0.4) is 0 Å². The van der Waals surface area contributed by atoms with Gasteiger partial charge in [-0.1, -0.05) is 29.0 Å². The van der Waals surface area contributed by atoms with Gasteiger partial charge in [-0.2, -0.15) is 14.9 Å². The molecule has 94 valence electrons. The van der Waals surface area contributed by atoms with Crippen LogP contribution in [0.5, 0.6) is 0 Å². The summed E-state index contributed by atoms with van der Waals surface area (Å²) in [7, 11) is 0. The average Bonchev–Trinajstić information content (AvgIpc) is 2.85. The summed E-state index contributed by atoms with van der Waals surface area (Å²) in [5.74, 6) is -0.445. The number of imidazole rings is 1. The lowest BCUT2D eigenvalue weighted by atomic mass is 10.2.